The third kappa shape index (κ3) is 2.09. The van der Waals surface area contributed by atoms with Crippen molar-refractivity contribution in [3.05, 3.63) is 60.5 Å². The number of aromatic nitrogens is 3. The summed E-state index contributed by atoms with van der Waals surface area (Å²) in [5.41, 5.74) is 5.44. The highest BCUT2D eigenvalue weighted by atomic mass is 16.5. The van der Waals surface area contributed by atoms with E-state index in [0.717, 1.165) is 39.2 Å². The number of pyridine rings is 1. The molecule has 1 aromatic carbocycles. The van der Waals surface area contributed by atoms with Gasteiger partial charge in [-0.25, -0.2) is 4.98 Å². The van der Waals surface area contributed by atoms with Crippen LogP contribution in [0.1, 0.15) is 11.5 Å². The quantitative estimate of drug-likeness (QED) is 0.608. The lowest BCUT2D eigenvalue weighted by atomic mass is 9.99. The van der Waals surface area contributed by atoms with Crippen molar-refractivity contribution in [3.8, 4) is 28.0 Å². The van der Waals surface area contributed by atoms with Gasteiger partial charge in [0.2, 0.25) is 0 Å². The van der Waals surface area contributed by atoms with Crippen LogP contribution in [-0.2, 0) is 0 Å². The molecule has 0 aliphatic carbocycles. The van der Waals surface area contributed by atoms with Gasteiger partial charge >= 0.3 is 0 Å². The Morgan fingerprint density at radius 1 is 1.13 bits per heavy atom. The molecule has 3 heterocycles. The van der Waals surface area contributed by atoms with E-state index in [4.69, 9.17) is 4.52 Å². The number of hydrogen-bond acceptors (Lipinski definition) is 4. The van der Waals surface area contributed by atoms with Gasteiger partial charge in [0.1, 0.15) is 11.5 Å². The van der Waals surface area contributed by atoms with Crippen LogP contribution < -0.4 is 0 Å². The van der Waals surface area contributed by atoms with Gasteiger partial charge in [-0.2, -0.15) is 0 Å². The minimum absolute atomic E-state index is 0.247. The van der Waals surface area contributed by atoms with Gasteiger partial charge in [0.25, 0.3) is 0 Å². The molecule has 0 saturated heterocycles. The topological polar surface area (TPSA) is 63.6 Å². The molecule has 3 aromatic heterocycles. The summed E-state index contributed by atoms with van der Waals surface area (Å²) < 4.78 is 7.26. The summed E-state index contributed by atoms with van der Waals surface area (Å²) >= 11 is 0. The minimum Gasteiger partial charge on any atom is -0.507 e. The van der Waals surface area contributed by atoms with Gasteiger partial charge < -0.3 is 14.0 Å². The van der Waals surface area contributed by atoms with E-state index < -0.39 is 0 Å². The third-order valence-corrected chi connectivity index (χ3v) is 4.04. The maximum Gasteiger partial charge on any atom is 0.141 e. The van der Waals surface area contributed by atoms with E-state index >= 15 is 0 Å². The minimum atomic E-state index is 0.247. The number of aryl methyl sites for hydroxylation is 2. The Morgan fingerprint density at radius 2 is 1.96 bits per heavy atom. The van der Waals surface area contributed by atoms with E-state index in [1.165, 1.54) is 0 Å². The Hall–Kier alpha value is -3.08. The molecular formula is C18H15N3O2. The van der Waals surface area contributed by atoms with Crippen molar-refractivity contribution in [3.63, 3.8) is 0 Å². The summed E-state index contributed by atoms with van der Waals surface area (Å²) in [4.78, 5) is 4.24. The first-order chi connectivity index (χ1) is 11.1. The second-order valence-electron chi connectivity index (χ2n) is 5.54. The third-order valence-electron chi connectivity index (χ3n) is 4.04. The summed E-state index contributed by atoms with van der Waals surface area (Å²) in [5.74, 6) is 1.01. The molecule has 0 fully saturated rings. The van der Waals surface area contributed by atoms with Crippen LogP contribution in [0.15, 0.2) is 53.6 Å². The van der Waals surface area contributed by atoms with E-state index in [-0.39, 0.29) is 5.75 Å². The molecule has 5 heteroatoms. The van der Waals surface area contributed by atoms with E-state index in [1.54, 1.807) is 12.4 Å². The fraction of sp³-hybridized carbons (Fsp3) is 0.111. The van der Waals surface area contributed by atoms with Crippen molar-refractivity contribution >= 4 is 5.52 Å². The van der Waals surface area contributed by atoms with Gasteiger partial charge in [-0.15, -0.1) is 0 Å². The Kier molecular flexibility index (Phi) is 2.94. The molecule has 114 valence electrons. The molecule has 4 aromatic rings. The molecule has 0 atom stereocenters. The molecule has 0 aliphatic rings. The highest BCUT2D eigenvalue weighted by molar-refractivity contribution is 5.86. The smallest absolute Gasteiger partial charge is 0.141 e. The molecule has 1 N–H and O–H groups in total. The Balaban J connectivity index is 2.05. The van der Waals surface area contributed by atoms with Gasteiger partial charge in [-0.3, -0.25) is 0 Å². The average molecular weight is 305 g/mol. The second kappa shape index (κ2) is 4.98. The van der Waals surface area contributed by atoms with Crippen LogP contribution in [0.3, 0.4) is 0 Å². The van der Waals surface area contributed by atoms with Crippen LogP contribution >= 0.6 is 0 Å². The van der Waals surface area contributed by atoms with Gasteiger partial charge in [0, 0.05) is 28.5 Å². The molecule has 4 rings (SSSR count). The van der Waals surface area contributed by atoms with Gasteiger partial charge in [-0.1, -0.05) is 23.4 Å². The average Bonchev–Trinajstić information content (AvgIpc) is 3.14. The Bertz CT molecular complexity index is 995. The first-order valence-corrected chi connectivity index (χ1v) is 7.32. The largest absolute Gasteiger partial charge is 0.507 e. The number of rotatable bonds is 2. The van der Waals surface area contributed by atoms with Gasteiger partial charge in [-0.05, 0) is 26.0 Å². The zero-order valence-corrected chi connectivity index (χ0v) is 12.8. The molecule has 0 radical (unpaired) electrons. The van der Waals surface area contributed by atoms with Crippen LogP contribution in [0.4, 0.5) is 0 Å². The fourth-order valence-electron chi connectivity index (χ4n) is 2.97. The van der Waals surface area contributed by atoms with Gasteiger partial charge in [0.05, 0.1) is 23.7 Å². The van der Waals surface area contributed by atoms with Crippen molar-refractivity contribution in [1.29, 1.82) is 0 Å². The number of hydrogen-bond donors (Lipinski definition) is 1. The van der Waals surface area contributed by atoms with Gasteiger partial charge in [0.15, 0.2) is 0 Å². The number of nitrogens with zero attached hydrogens (tertiary/aromatic N) is 3. The summed E-state index contributed by atoms with van der Waals surface area (Å²) in [6, 6.07) is 9.33. The molecule has 0 amide bonds. The molecule has 5 nitrogen and oxygen atoms in total. The maximum absolute atomic E-state index is 10.2. The van der Waals surface area contributed by atoms with Crippen molar-refractivity contribution in [1.82, 2.24) is 14.5 Å². The molecular weight excluding hydrogens is 290 g/mol. The predicted octanol–water partition coefficient (Wildman–Crippen LogP) is 3.98. The summed E-state index contributed by atoms with van der Waals surface area (Å²) in [6.45, 7) is 3.82. The zero-order valence-electron chi connectivity index (χ0n) is 12.8. The summed E-state index contributed by atoms with van der Waals surface area (Å²) in [6.07, 6.45) is 5.52. The predicted molar refractivity (Wildman–Crippen MR) is 87.3 cm³/mol. The maximum atomic E-state index is 10.2. The van der Waals surface area contributed by atoms with Crippen molar-refractivity contribution in [2.45, 2.75) is 13.8 Å². The molecule has 0 unspecified atom stereocenters. The van der Waals surface area contributed by atoms with Crippen LogP contribution in [0.2, 0.25) is 0 Å². The number of phenolic OH excluding ortho intramolecular Hbond substituents is 1. The molecule has 0 spiro atoms. The molecule has 0 saturated carbocycles. The Morgan fingerprint density at radius 3 is 2.70 bits per heavy atom. The monoisotopic (exact) mass is 305 g/mol. The van der Waals surface area contributed by atoms with Crippen molar-refractivity contribution in [2.24, 2.45) is 0 Å². The molecule has 0 bridgehead atoms. The first-order valence-electron chi connectivity index (χ1n) is 7.32. The number of aromatic hydroxyl groups is 1. The number of fused-ring (bicyclic) bond motifs is 1. The summed E-state index contributed by atoms with van der Waals surface area (Å²) in [7, 11) is 0. The Labute approximate surface area is 132 Å². The van der Waals surface area contributed by atoms with E-state index in [0.29, 0.717) is 0 Å². The van der Waals surface area contributed by atoms with Crippen LogP contribution in [0.25, 0.3) is 27.8 Å². The van der Waals surface area contributed by atoms with E-state index in [2.05, 4.69) is 10.1 Å². The normalized spacial score (nSPS) is 11.2. The second-order valence-corrected chi connectivity index (χ2v) is 5.54. The lowest BCUT2D eigenvalue weighted by Gasteiger charge is -2.10. The fourth-order valence-corrected chi connectivity index (χ4v) is 2.97. The van der Waals surface area contributed by atoms with E-state index in [9.17, 15) is 5.11 Å². The highest BCUT2D eigenvalue weighted by Crippen LogP contribution is 2.36. The summed E-state index contributed by atoms with van der Waals surface area (Å²) in [5, 5.41) is 14.2. The van der Waals surface area contributed by atoms with Crippen molar-refractivity contribution in [2.75, 3.05) is 0 Å². The lowest BCUT2D eigenvalue weighted by Crippen LogP contribution is -1.92. The van der Waals surface area contributed by atoms with Crippen LogP contribution in [0, 0.1) is 13.8 Å². The molecule has 23 heavy (non-hydrogen) atoms. The van der Waals surface area contributed by atoms with E-state index in [1.807, 2.05) is 54.9 Å². The zero-order chi connectivity index (χ0) is 16.0. The van der Waals surface area contributed by atoms with Crippen molar-refractivity contribution < 1.29 is 9.63 Å². The highest BCUT2D eigenvalue weighted by Gasteiger charge is 2.17. The standard InChI is InChI=1S/C18H15N3O2/c1-11-18(12(2)23-20-11)15-7-13(9-21-10-19-8-16(15)21)14-5-3-4-6-17(14)22/h3-10,22H,1-2H3. The first kappa shape index (κ1) is 13.6. The van der Waals surface area contributed by atoms with Crippen LogP contribution in [-0.4, -0.2) is 19.6 Å². The number of benzene rings is 1. The van der Waals surface area contributed by atoms with Crippen LogP contribution in [0.5, 0.6) is 5.75 Å². The lowest BCUT2D eigenvalue weighted by molar-refractivity contribution is 0.393. The molecule has 0 aliphatic heterocycles. The number of imidazole rings is 1. The number of phenols is 1. The SMILES string of the molecule is Cc1noc(C)c1-c1cc(-c2ccccc2O)cn2cncc12. The number of para-hydroxylation sites is 1.